The first-order chi connectivity index (χ1) is 7.40. The molecule has 1 rings (SSSR count). The number of hydrogen-bond acceptors (Lipinski definition) is 4. The average Bonchev–Trinajstić information content (AvgIpc) is 2.44. The van der Waals surface area contributed by atoms with E-state index in [1.165, 1.54) is 0 Å². The SMILES string of the molecule is CC(CC(=N)N)N1CC(O)CC1CN(C)C. The Kier molecular flexibility index (Phi) is 4.70. The molecule has 0 spiro atoms. The third-order valence-corrected chi connectivity index (χ3v) is 3.09. The Morgan fingerprint density at radius 3 is 2.75 bits per heavy atom. The van der Waals surface area contributed by atoms with Gasteiger partial charge in [-0.3, -0.25) is 10.3 Å². The third-order valence-electron chi connectivity index (χ3n) is 3.09. The summed E-state index contributed by atoms with van der Waals surface area (Å²) in [4.78, 5) is 4.41. The standard InChI is InChI=1S/C11H24N4O/c1-8(4-11(12)13)15-7-10(16)5-9(15)6-14(2)3/h8-10,16H,4-7H2,1-3H3,(H3,12,13). The summed E-state index contributed by atoms with van der Waals surface area (Å²) < 4.78 is 0. The molecule has 4 N–H and O–H groups in total. The Morgan fingerprint density at radius 2 is 2.25 bits per heavy atom. The third kappa shape index (κ3) is 3.73. The van der Waals surface area contributed by atoms with Crippen LogP contribution < -0.4 is 5.73 Å². The molecule has 3 atom stereocenters. The van der Waals surface area contributed by atoms with Gasteiger partial charge in [0, 0.05) is 31.6 Å². The number of nitrogens with one attached hydrogen (secondary N) is 1. The van der Waals surface area contributed by atoms with Crippen molar-refractivity contribution < 1.29 is 5.11 Å². The van der Waals surface area contributed by atoms with Crippen LogP contribution in [0.3, 0.4) is 0 Å². The van der Waals surface area contributed by atoms with Gasteiger partial charge < -0.3 is 15.7 Å². The lowest BCUT2D eigenvalue weighted by molar-refractivity contribution is 0.146. The first-order valence-electron chi connectivity index (χ1n) is 5.81. The largest absolute Gasteiger partial charge is 0.392 e. The van der Waals surface area contributed by atoms with Gasteiger partial charge in [0.1, 0.15) is 0 Å². The second kappa shape index (κ2) is 5.61. The first-order valence-corrected chi connectivity index (χ1v) is 5.81. The molecule has 0 radical (unpaired) electrons. The van der Waals surface area contributed by atoms with Crippen molar-refractivity contribution in [3.05, 3.63) is 0 Å². The number of nitrogens with two attached hydrogens (primary N) is 1. The van der Waals surface area contributed by atoms with Crippen molar-refractivity contribution in [1.29, 1.82) is 5.41 Å². The molecule has 0 saturated carbocycles. The number of amidine groups is 1. The molecule has 0 bridgehead atoms. The highest BCUT2D eigenvalue weighted by molar-refractivity contribution is 5.77. The summed E-state index contributed by atoms with van der Waals surface area (Å²) in [6.07, 6.45) is 1.16. The molecule has 1 fully saturated rings. The number of β-amino-alcohol motifs (C(OH)–C–C–N with tert-alkyl or cyclic N) is 1. The topological polar surface area (TPSA) is 76.6 Å². The summed E-state index contributed by atoms with van der Waals surface area (Å²) in [5, 5.41) is 17.0. The van der Waals surface area contributed by atoms with Gasteiger partial charge in [-0.1, -0.05) is 0 Å². The van der Waals surface area contributed by atoms with Crippen LogP contribution in [-0.4, -0.2) is 66.1 Å². The van der Waals surface area contributed by atoms with Gasteiger partial charge in [-0.05, 0) is 27.4 Å². The lowest BCUT2D eigenvalue weighted by Gasteiger charge is -2.31. The van der Waals surface area contributed by atoms with E-state index in [2.05, 4.69) is 16.7 Å². The summed E-state index contributed by atoms with van der Waals surface area (Å²) in [6.45, 7) is 3.72. The van der Waals surface area contributed by atoms with Crippen molar-refractivity contribution in [2.24, 2.45) is 5.73 Å². The maximum Gasteiger partial charge on any atom is 0.0920 e. The van der Waals surface area contributed by atoms with Crippen LogP contribution in [0.15, 0.2) is 0 Å². The highest BCUT2D eigenvalue weighted by Gasteiger charge is 2.34. The minimum atomic E-state index is -0.237. The zero-order valence-electron chi connectivity index (χ0n) is 10.5. The van der Waals surface area contributed by atoms with Crippen molar-refractivity contribution in [2.75, 3.05) is 27.2 Å². The molecule has 0 aromatic carbocycles. The van der Waals surface area contributed by atoms with Crippen LogP contribution in [-0.2, 0) is 0 Å². The van der Waals surface area contributed by atoms with Crippen molar-refractivity contribution >= 4 is 5.84 Å². The fourth-order valence-electron chi connectivity index (χ4n) is 2.49. The Balaban J connectivity index is 2.57. The Morgan fingerprint density at radius 1 is 1.62 bits per heavy atom. The molecule has 5 heteroatoms. The van der Waals surface area contributed by atoms with Gasteiger partial charge in [-0.25, -0.2) is 0 Å². The molecule has 16 heavy (non-hydrogen) atoms. The van der Waals surface area contributed by atoms with Crippen molar-refractivity contribution in [2.45, 2.75) is 38.0 Å². The van der Waals surface area contributed by atoms with Crippen LogP contribution in [0.2, 0.25) is 0 Å². The summed E-state index contributed by atoms with van der Waals surface area (Å²) in [5.41, 5.74) is 5.43. The van der Waals surface area contributed by atoms with Gasteiger partial charge >= 0.3 is 0 Å². The van der Waals surface area contributed by atoms with E-state index < -0.39 is 0 Å². The maximum atomic E-state index is 9.72. The summed E-state index contributed by atoms with van der Waals surface area (Å²) in [5.74, 6) is 0.220. The zero-order valence-corrected chi connectivity index (χ0v) is 10.5. The van der Waals surface area contributed by atoms with E-state index in [1.54, 1.807) is 0 Å². The molecule has 0 aromatic rings. The van der Waals surface area contributed by atoms with Gasteiger partial charge in [0.25, 0.3) is 0 Å². The van der Waals surface area contributed by atoms with E-state index in [0.29, 0.717) is 19.0 Å². The summed E-state index contributed by atoms with van der Waals surface area (Å²) in [7, 11) is 4.08. The van der Waals surface area contributed by atoms with E-state index in [9.17, 15) is 5.11 Å². The van der Waals surface area contributed by atoms with E-state index in [4.69, 9.17) is 11.1 Å². The summed E-state index contributed by atoms with van der Waals surface area (Å²) >= 11 is 0. The number of rotatable bonds is 5. The predicted molar refractivity (Wildman–Crippen MR) is 65.7 cm³/mol. The van der Waals surface area contributed by atoms with E-state index in [1.807, 2.05) is 14.1 Å². The van der Waals surface area contributed by atoms with Crippen molar-refractivity contribution in [3.8, 4) is 0 Å². The fourth-order valence-corrected chi connectivity index (χ4v) is 2.49. The lowest BCUT2D eigenvalue weighted by Crippen LogP contribution is -2.44. The van der Waals surface area contributed by atoms with Crippen LogP contribution in [0.25, 0.3) is 0 Å². The van der Waals surface area contributed by atoms with E-state index in [-0.39, 0.29) is 18.0 Å². The number of likely N-dealkylation sites (N-methyl/N-ethyl adjacent to an activating group) is 1. The van der Waals surface area contributed by atoms with Crippen LogP contribution in [0.1, 0.15) is 19.8 Å². The smallest absolute Gasteiger partial charge is 0.0920 e. The molecule has 1 aliphatic heterocycles. The van der Waals surface area contributed by atoms with E-state index in [0.717, 1.165) is 13.0 Å². The number of aliphatic hydroxyl groups excluding tert-OH is 1. The quantitative estimate of drug-likeness (QED) is 0.446. The molecule has 1 saturated heterocycles. The normalized spacial score (nSPS) is 28.6. The second-order valence-electron chi connectivity index (χ2n) is 5.08. The minimum Gasteiger partial charge on any atom is -0.392 e. The Labute approximate surface area is 97.7 Å². The van der Waals surface area contributed by atoms with Crippen LogP contribution >= 0.6 is 0 Å². The van der Waals surface area contributed by atoms with Crippen LogP contribution in [0.5, 0.6) is 0 Å². The molecule has 1 aliphatic rings. The van der Waals surface area contributed by atoms with Gasteiger partial charge in [0.15, 0.2) is 0 Å². The molecule has 94 valence electrons. The van der Waals surface area contributed by atoms with Gasteiger partial charge in [-0.2, -0.15) is 0 Å². The van der Waals surface area contributed by atoms with Gasteiger partial charge in [-0.15, -0.1) is 0 Å². The highest BCUT2D eigenvalue weighted by atomic mass is 16.3. The number of likely N-dealkylation sites (tertiary alicyclic amines) is 1. The molecule has 3 unspecified atom stereocenters. The molecule has 0 amide bonds. The molecule has 0 aliphatic carbocycles. The molecular formula is C11H24N4O. The fraction of sp³-hybridized carbons (Fsp3) is 0.909. The number of aliphatic hydroxyl groups is 1. The molecule has 5 nitrogen and oxygen atoms in total. The number of nitrogens with zero attached hydrogens (tertiary/aromatic N) is 2. The molecular weight excluding hydrogens is 204 g/mol. The average molecular weight is 228 g/mol. The van der Waals surface area contributed by atoms with E-state index >= 15 is 0 Å². The Bertz CT molecular complexity index is 244. The first kappa shape index (κ1) is 13.4. The van der Waals surface area contributed by atoms with Gasteiger partial charge in [0.05, 0.1) is 11.9 Å². The van der Waals surface area contributed by atoms with Crippen molar-refractivity contribution in [1.82, 2.24) is 9.80 Å². The number of hydrogen-bond donors (Lipinski definition) is 3. The molecule has 1 heterocycles. The van der Waals surface area contributed by atoms with Crippen LogP contribution in [0.4, 0.5) is 0 Å². The highest BCUT2D eigenvalue weighted by Crippen LogP contribution is 2.22. The Hall–Kier alpha value is -0.650. The maximum absolute atomic E-state index is 9.72. The zero-order chi connectivity index (χ0) is 12.3. The van der Waals surface area contributed by atoms with Crippen LogP contribution in [0, 0.1) is 5.41 Å². The summed E-state index contributed by atoms with van der Waals surface area (Å²) in [6, 6.07) is 0.610. The van der Waals surface area contributed by atoms with Crippen molar-refractivity contribution in [3.63, 3.8) is 0 Å². The lowest BCUT2D eigenvalue weighted by atomic mass is 10.1. The van der Waals surface area contributed by atoms with Gasteiger partial charge in [0.2, 0.25) is 0 Å². The predicted octanol–water partition coefficient (Wildman–Crippen LogP) is -0.302. The second-order valence-corrected chi connectivity index (χ2v) is 5.08. The minimum absolute atomic E-state index is 0.220. The molecule has 0 aromatic heterocycles. The monoisotopic (exact) mass is 228 g/mol.